The maximum atomic E-state index is 13.9. The lowest BCUT2D eigenvalue weighted by atomic mass is 10.1. The van der Waals surface area contributed by atoms with Crippen LogP contribution in [0.5, 0.6) is 0 Å². The molecule has 2 rings (SSSR count). The predicted octanol–water partition coefficient (Wildman–Crippen LogP) is 2.75. The maximum absolute atomic E-state index is 13.9. The standard InChI is InChI=1S/C17H17F3N2O3S/c1-11(12-3-5-13(18)6-4-12)21-17(23)10-22(26(2,24)25)16-8-7-14(19)9-15(16)20/h3-9,11H,10H2,1-2H3,(H,21,23)/t11-/m0/s1. The van der Waals surface area contributed by atoms with Gasteiger partial charge in [-0.15, -0.1) is 0 Å². The highest BCUT2D eigenvalue weighted by atomic mass is 32.2. The van der Waals surface area contributed by atoms with Crippen molar-refractivity contribution in [3.05, 3.63) is 65.5 Å². The van der Waals surface area contributed by atoms with E-state index in [2.05, 4.69) is 5.32 Å². The van der Waals surface area contributed by atoms with Gasteiger partial charge >= 0.3 is 0 Å². The van der Waals surface area contributed by atoms with E-state index < -0.39 is 51.7 Å². The SMILES string of the molecule is C[C@H](NC(=O)CN(c1ccc(F)cc1F)S(C)(=O)=O)c1ccc(F)cc1. The highest BCUT2D eigenvalue weighted by Gasteiger charge is 2.24. The van der Waals surface area contributed by atoms with Crippen LogP contribution in [-0.4, -0.2) is 27.1 Å². The minimum absolute atomic E-state index is 0.428. The molecule has 0 aromatic heterocycles. The number of benzene rings is 2. The molecule has 2 aromatic rings. The summed E-state index contributed by atoms with van der Waals surface area (Å²) in [5, 5.41) is 2.55. The van der Waals surface area contributed by atoms with Gasteiger partial charge in [0, 0.05) is 6.07 Å². The normalized spacial score (nSPS) is 12.5. The van der Waals surface area contributed by atoms with Crippen LogP contribution in [0, 0.1) is 17.5 Å². The fourth-order valence-corrected chi connectivity index (χ4v) is 3.17. The van der Waals surface area contributed by atoms with Crippen LogP contribution < -0.4 is 9.62 Å². The van der Waals surface area contributed by atoms with Gasteiger partial charge in [-0.2, -0.15) is 0 Å². The number of hydrogen-bond donors (Lipinski definition) is 1. The fraction of sp³-hybridized carbons (Fsp3) is 0.235. The molecule has 5 nitrogen and oxygen atoms in total. The van der Waals surface area contributed by atoms with Gasteiger partial charge in [0.05, 0.1) is 18.0 Å². The number of nitrogens with zero attached hydrogens (tertiary/aromatic N) is 1. The third-order valence-corrected chi connectivity index (χ3v) is 4.74. The lowest BCUT2D eigenvalue weighted by Crippen LogP contribution is -2.41. The summed E-state index contributed by atoms with van der Waals surface area (Å²) in [6.07, 6.45) is 0.812. The van der Waals surface area contributed by atoms with Crippen molar-refractivity contribution in [3.63, 3.8) is 0 Å². The Hall–Kier alpha value is -2.55. The number of rotatable bonds is 6. The summed E-state index contributed by atoms with van der Waals surface area (Å²) in [6.45, 7) is 0.946. The first-order valence-electron chi connectivity index (χ1n) is 7.55. The molecule has 26 heavy (non-hydrogen) atoms. The van der Waals surface area contributed by atoms with Crippen molar-refractivity contribution < 1.29 is 26.4 Å². The number of anilines is 1. The van der Waals surface area contributed by atoms with E-state index in [4.69, 9.17) is 0 Å². The van der Waals surface area contributed by atoms with Crippen LogP contribution in [0.3, 0.4) is 0 Å². The fourth-order valence-electron chi connectivity index (χ4n) is 2.32. The summed E-state index contributed by atoms with van der Waals surface area (Å²) in [6, 6.07) is 7.28. The molecule has 0 aliphatic rings. The van der Waals surface area contributed by atoms with Gasteiger partial charge in [-0.25, -0.2) is 21.6 Å². The summed E-state index contributed by atoms with van der Waals surface area (Å²) in [4.78, 5) is 12.2. The lowest BCUT2D eigenvalue weighted by Gasteiger charge is -2.23. The Bertz CT molecular complexity index is 902. The molecule has 1 amide bonds. The van der Waals surface area contributed by atoms with Crippen LogP contribution in [-0.2, 0) is 14.8 Å². The topological polar surface area (TPSA) is 66.5 Å². The van der Waals surface area contributed by atoms with Gasteiger partial charge in [0.1, 0.15) is 24.0 Å². The summed E-state index contributed by atoms with van der Waals surface area (Å²) in [5.41, 5.74) is 0.178. The van der Waals surface area contributed by atoms with E-state index in [1.54, 1.807) is 6.92 Å². The van der Waals surface area contributed by atoms with Crippen molar-refractivity contribution in [1.29, 1.82) is 0 Å². The molecule has 0 spiro atoms. The molecular weight excluding hydrogens is 369 g/mol. The molecule has 2 aromatic carbocycles. The van der Waals surface area contributed by atoms with Gasteiger partial charge in [0.15, 0.2) is 0 Å². The molecule has 0 heterocycles. The van der Waals surface area contributed by atoms with Crippen LogP contribution in [0.1, 0.15) is 18.5 Å². The number of carbonyl (C=O) groups excluding carboxylic acids is 1. The molecule has 0 unspecified atom stereocenters. The van der Waals surface area contributed by atoms with E-state index in [1.807, 2.05) is 0 Å². The first-order valence-corrected chi connectivity index (χ1v) is 9.40. The van der Waals surface area contributed by atoms with Crippen LogP contribution in [0.4, 0.5) is 18.9 Å². The number of nitrogens with one attached hydrogen (secondary N) is 1. The third-order valence-electron chi connectivity index (χ3n) is 3.61. The summed E-state index contributed by atoms with van der Waals surface area (Å²) in [7, 11) is -3.99. The third kappa shape index (κ3) is 4.98. The van der Waals surface area contributed by atoms with E-state index in [9.17, 15) is 26.4 Å². The van der Waals surface area contributed by atoms with Crippen LogP contribution in [0.15, 0.2) is 42.5 Å². The zero-order valence-corrected chi connectivity index (χ0v) is 14.9. The minimum Gasteiger partial charge on any atom is -0.348 e. The second-order valence-corrected chi connectivity index (χ2v) is 7.61. The molecule has 0 saturated heterocycles. The Morgan fingerprint density at radius 2 is 1.65 bits per heavy atom. The summed E-state index contributed by atoms with van der Waals surface area (Å²) >= 11 is 0. The number of sulfonamides is 1. The molecule has 0 aliphatic carbocycles. The molecule has 0 fully saturated rings. The largest absolute Gasteiger partial charge is 0.348 e. The molecule has 0 aliphatic heterocycles. The first-order chi connectivity index (χ1) is 12.1. The van der Waals surface area contributed by atoms with Crippen molar-refractivity contribution in [1.82, 2.24) is 5.32 Å². The van der Waals surface area contributed by atoms with Gasteiger partial charge in [0.2, 0.25) is 15.9 Å². The molecule has 140 valence electrons. The number of halogens is 3. The average molecular weight is 386 g/mol. The van der Waals surface area contributed by atoms with Gasteiger partial charge in [-0.1, -0.05) is 12.1 Å². The van der Waals surface area contributed by atoms with Crippen molar-refractivity contribution in [2.24, 2.45) is 0 Å². The van der Waals surface area contributed by atoms with Gasteiger partial charge in [-0.05, 0) is 36.8 Å². The van der Waals surface area contributed by atoms with Crippen molar-refractivity contribution in [2.45, 2.75) is 13.0 Å². The molecule has 0 bridgehead atoms. The van der Waals surface area contributed by atoms with Crippen molar-refractivity contribution in [3.8, 4) is 0 Å². The smallest absolute Gasteiger partial charge is 0.241 e. The average Bonchev–Trinajstić information content (AvgIpc) is 2.53. The molecule has 0 radical (unpaired) electrons. The summed E-state index contributed by atoms with van der Waals surface area (Å²) in [5.74, 6) is -3.10. The Morgan fingerprint density at radius 3 is 2.19 bits per heavy atom. The van der Waals surface area contributed by atoms with Crippen LogP contribution in [0.2, 0.25) is 0 Å². The molecule has 0 saturated carbocycles. The minimum atomic E-state index is -3.99. The Morgan fingerprint density at radius 1 is 1.08 bits per heavy atom. The highest BCUT2D eigenvalue weighted by molar-refractivity contribution is 7.92. The van der Waals surface area contributed by atoms with Gasteiger partial charge in [0.25, 0.3) is 0 Å². The zero-order valence-electron chi connectivity index (χ0n) is 14.0. The van der Waals surface area contributed by atoms with Gasteiger partial charge in [-0.3, -0.25) is 9.10 Å². The summed E-state index contributed by atoms with van der Waals surface area (Å²) < 4.78 is 64.4. The monoisotopic (exact) mass is 386 g/mol. The van der Waals surface area contributed by atoms with Crippen molar-refractivity contribution in [2.75, 3.05) is 17.1 Å². The van der Waals surface area contributed by atoms with Crippen molar-refractivity contribution >= 4 is 21.6 Å². The zero-order chi connectivity index (χ0) is 19.5. The first kappa shape index (κ1) is 19.8. The van der Waals surface area contributed by atoms with Crippen LogP contribution in [0.25, 0.3) is 0 Å². The number of carbonyl (C=O) groups is 1. The van der Waals surface area contributed by atoms with Gasteiger partial charge < -0.3 is 5.32 Å². The Kier molecular flexibility index (Phi) is 5.91. The number of hydrogen-bond acceptors (Lipinski definition) is 3. The Balaban J connectivity index is 2.18. The Labute approximate surface area is 149 Å². The van der Waals surface area contributed by atoms with E-state index in [0.29, 0.717) is 15.9 Å². The maximum Gasteiger partial charge on any atom is 0.241 e. The van der Waals surface area contributed by atoms with E-state index >= 15 is 0 Å². The molecule has 1 atom stereocenters. The second-order valence-electron chi connectivity index (χ2n) is 5.71. The van der Waals surface area contributed by atoms with Crippen LogP contribution >= 0.6 is 0 Å². The molecule has 9 heteroatoms. The highest BCUT2D eigenvalue weighted by Crippen LogP contribution is 2.22. The predicted molar refractivity (Wildman–Crippen MR) is 91.5 cm³/mol. The second kappa shape index (κ2) is 7.77. The van der Waals surface area contributed by atoms with E-state index in [0.717, 1.165) is 18.4 Å². The molecular formula is C17H17F3N2O3S. The lowest BCUT2D eigenvalue weighted by molar-refractivity contribution is -0.120. The van der Waals surface area contributed by atoms with E-state index in [1.165, 1.54) is 24.3 Å². The molecule has 1 N–H and O–H groups in total. The quantitative estimate of drug-likeness (QED) is 0.830. The number of amides is 1. The van der Waals surface area contributed by atoms with E-state index in [-0.39, 0.29) is 0 Å².